The zero-order chi connectivity index (χ0) is 11.7. The van der Waals surface area contributed by atoms with E-state index in [0.717, 1.165) is 6.20 Å². The number of carboxylic acids is 1. The normalized spacial score (nSPS) is 9.94. The summed E-state index contributed by atoms with van der Waals surface area (Å²) in [5.41, 5.74) is 0.319. The van der Waals surface area contributed by atoms with E-state index in [9.17, 15) is 9.90 Å². The average Bonchev–Trinajstić information content (AvgIpc) is 2.28. The summed E-state index contributed by atoms with van der Waals surface area (Å²) < 4.78 is 0. The molecule has 16 heavy (non-hydrogen) atoms. The Labute approximate surface area is 90.2 Å². The van der Waals surface area contributed by atoms with Crippen LogP contribution in [0.15, 0.2) is 24.4 Å². The zero-order valence-corrected chi connectivity index (χ0v) is 8.01. The van der Waals surface area contributed by atoms with Gasteiger partial charge in [0.15, 0.2) is 0 Å². The minimum Gasteiger partial charge on any atom is -0.506 e. The standard InChI is InChI=1S/C11H6N2O3/c12-4-6-2-1-3-7-9(6)13-5-8(10(7)14)11(15)16/h1-3,5H,(H,13,14)(H,15,16). The van der Waals surface area contributed by atoms with Gasteiger partial charge >= 0.3 is 5.97 Å². The highest BCUT2D eigenvalue weighted by molar-refractivity contribution is 5.99. The molecule has 0 atom stereocenters. The number of para-hydroxylation sites is 1. The number of benzene rings is 1. The Morgan fingerprint density at radius 2 is 2.19 bits per heavy atom. The molecule has 5 nitrogen and oxygen atoms in total. The van der Waals surface area contributed by atoms with Crippen LogP contribution < -0.4 is 0 Å². The van der Waals surface area contributed by atoms with Gasteiger partial charge in [0, 0.05) is 11.6 Å². The topological polar surface area (TPSA) is 94.2 Å². The predicted octanol–water partition coefficient (Wildman–Crippen LogP) is 1.51. The van der Waals surface area contributed by atoms with Crippen molar-refractivity contribution in [2.24, 2.45) is 0 Å². The second kappa shape index (κ2) is 3.51. The first kappa shape index (κ1) is 9.93. The van der Waals surface area contributed by atoms with Crippen molar-refractivity contribution in [3.05, 3.63) is 35.5 Å². The summed E-state index contributed by atoms with van der Waals surface area (Å²) >= 11 is 0. The minimum atomic E-state index is -1.26. The van der Waals surface area contributed by atoms with E-state index in [-0.39, 0.29) is 16.7 Å². The first-order chi connectivity index (χ1) is 7.65. The maximum absolute atomic E-state index is 10.8. The number of hydrogen-bond acceptors (Lipinski definition) is 4. The third kappa shape index (κ3) is 1.33. The molecule has 0 aliphatic heterocycles. The smallest absolute Gasteiger partial charge is 0.341 e. The van der Waals surface area contributed by atoms with Crippen LogP contribution >= 0.6 is 0 Å². The molecule has 0 radical (unpaired) electrons. The maximum atomic E-state index is 10.8. The molecule has 2 rings (SSSR count). The number of aromatic carboxylic acids is 1. The van der Waals surface area contributed by atoms with Crippen molar-refractivity contribution in [3.8, 4) is 11.8 Å². The van der Waals surface area contributed by atoms with Crippen molar-refractivity contribution in [2.75, 3.05) is 0 Å². The van der Waals surface area contributed by atoms with Crippen molar-refractivity contribution in [2.45, 2.75) is 0 Å². The van der Waals surface area contributed by atoms with Gasteiger partial charge in [0.05, 0.1) is 11.1 Å². The number of hydrogen-bond donors (Lipinski definition) is 2. The molecule has 0 fully saturated rings. The number of rotatable bonds is 1. The molecule has 1 aromatic heterocycles. The largest absolute Gasteiger partial charge is 0.506 e. The lowest BCUT2D eigenvalue weighted by molar-refractivity contribution is 0.0693. The number of nitriles is 1. The van der Waals surface area contributed by atoms with Crippen LogP contribution in [0.5, 0.6) is 5.75 Å². The third-order valence-electron chi connectivity index (χ3n) is 2.22. The summed E-state index contributed by atoms with van der Waals surface area (Å²) in [5.74, 6) is -1.62. The fourth-order valence-corrected chi connectivity index (χ4v) is 1.46. The van der Waals surface area contributed by atoms with Gasteiger partial charge in [-0.1, -0.05) is 6.07 Å². The van der Waals surface area contributed by atoms with Gasteiger partial charge in [0.1, 0.15) is 17.4 Å². The fourth-order valence-electron chi connectivity index (χ4n) is 1.46. The van der Waals surface area contributed by atoms with Crippen molar-refractivity contribution in [3.63, 3.8) is 0 Å². The summed E-state index contributed by atoms with van der Waals surface area (Å²) in [6.07, 6.45) is 1.04. The molecule has 2 N–H and O–H groups in total. The monoisotopic (exact) mass is 214 g/mol. The van der Waals surface area contributed by atoms with Crippen molar-refractivity contribution in [1.29, 1.82) is 5.26 Å². The van der Waals surface area contributed by atoms with E-state index in [1.165, 1.54) is 6.07 Å². The molecule has 0 spiro atoms. The van der Waals surface area contributed by atoms with Crippen molar-refractivity contribution in [1.82, 2.24) is 4.98 Å². The molecule has 0 bridgehead atoms. The number of fused-ring (bicyclic) bond motifs is 1. The Bertz CT molecular complexity index is 629. The predicted molar refractivity (Wildman–Crippen MR) is 55.1 cm³/mol. The molecule has 5 heteroatoms. The van der Waals surface area contributed by atoms with Crippen LogP contribution in [-0.2, 0) is 0 Å². The van der Waals surface area contributed by atoms with E-state index < -0.39 is 5.97 Å². The van der Waals surface area contributed by atoms with Crippen molar-refractivity contribution >= 4 is 16.9 Å². The SMILES string of the molecule is N#Cc1cccc2c(O)c(C(=O)O)cnc12. The Balaban J connectivity index is 2.88. The van der Waals surface area contributed by atoms with Crippen molar-refractivity contribution < 1.29 is 15.0 Å². The van der Waals surface area contributed by atoms with E-state index in [4.69, 9.17) is 10.4 Å². The third-order valence-corrected chi connectivity index (χ3v) is 2.22. The van der Waals surface area contributed by atoms with Gasteiger partial charge in [-0.05, 0) is 12.1 Å². The quantitative estimate of drug-likeness (QED) is 0.750. The van der Waals surface area contributed by atoms with Crippen LogP contribution in [0.4, 0.5) is 0 Å². The number of pyridine rings is 1. The fraction of sp³-hybridized carbons (Fsp3) is 0. The summed E-state index contributed by atoms with van der Waals surface area (Å²) in [5, 5.41) is 27.6. The summed E-state index contributed by atoms with van der Waals surface area (Å²) in [4.78, 5) is 14.6. The molecular weight excluding hydrogens is 208 g/mol. The van der Waals surface area contributed by atoms with Crippen LogP contribution in [0.3, 0.4) is 0 Å². The summed E-state index contributed by atoms with van der Waals surface area (Å²) in [7, 11) is 0. The second-order valence-corrected chi connectivity index (χ2v) is 3.14. The van der Waals surface area contributed by atoms with Gasteiger partial charge in [0.2, 0.25) is 0 Å². The van der Waals surface area contributed by atoms with E-state index in [1.807, 2.05) is 6.07 Å². The number of nitrogens with zero attached hydrogens (tertiary/aromatic N) is 2. The van der Waals surface area contributed by atoms with Crippen LogP contribution in [0, 0.1) is 11.3 Å². The van der Waals surface area contributed by atoms with Crippen LogP contribution in [-0.4, -0.2) is 21.2 Å². The Morgan fingerprint density at radius 3 is 2.81 bits per heavy atom. The molecule has 0 unspecified atom stereocenters. The second-order valence-electron chi connectivity index (χ2n) is 3.14. The average molecular weight is 214 g/mol. The Morgan fingerprint density at radius 1 is 1.44 bits per heavy atom. The van der Waals surface area contributed by atoms with E-state index in [0.29, 0.717) is 11.1 Å². The highest BCUT2D eigenvalue weighted by Gasteiger charge is 2.14. The molecule has 0 saturated heterocycles. The van der Waals surface area contributed by atoms with E-state index in [1.54, 1.807) is 12.1 Å². The Kier molecular flexibility index (Phi) is 2.18. The molecular formula is C11H6N2O3. The molecule has 1 aromatic carbocycles. The first-order valence-electron chi connectivity index (χ1n) is 4.39. The molecule has 78 valence electrons. The minimum absolute atomic E-state index is 0.263. The van der Waals surface area contributed by atoms with Gasteiger partial charge in [-0.3, -0.25) is 4.98 Å². The highest BCUT2D eigenvalue weighted by Crippen LogP contribution is 2.28. The lowest BCUT2D eigenvalue weighted by atomic mass is 10.1. The van der Waals surface area contributed by atoms with Crippen LogP contribution in [0.2, 0.25) is 0 Å². The van der Waals surface area contributed by atoms with Gasteiger partial charge < -0.3 is 10.2 Å². The molecule has 1 heterocycles. The number of aromatic hydroxyl groups is 1. The molecule has 0 amide bonds. The first-order valence-corrected chi connectivity index (χ1v) is 4.39. The summed E-state index contributed by atoms with van der Waals surface area (Å²) in [6.45, 7) is 0. The van der Waals surface area contributed by atoms with Crippen LogP contribution in [0.1, 0.15) is 15.9 Å². The van der Waals surface area contributed by atoms with Gasteiger partial charge in [0.25, 0.3) is 0 Å². The number of carbonyl (C=O) groups is 1. The zero-order valence-electron chi connectivity index (χ0n) is 8.01. The Hall–Kier alpha value is -2.61. The summed E-state index contributed by atoms with van der Waals surface area (Å²) in [6, 6.07) is 6.56. The number of aromatic nitrogens is 1. The molecule has 2 aromatic rings. The molecule has 0 aliphatic carbocycles. The lowest BCUT2D eigenvalue weighted by Gasteiger charge is -2.04. The van der Waals surface area contributed by atoms with Crippen LogP contribution in [0.25, 0.3) is 10.9 Å². The number of carboxylic acid groups (broad SMARTS) is 1. The van der Waals surface area contributed by atoms with E-state index in [2.05, 4.69) is 4.98 Å². The van der Waals surface area contributed by atoms with Gasteiger partial charge in [-0.2, -0.15) is 5.26 Å². The maximum Gasteiger partial charge on any atom is 0.341 e. The lowest BCUT2D eigenvalue weighted by Crippen LogP contribution is -1.99. The van der Waals surface area contributed by atoms with Gasteiger partial charge in [-0.25, -0.2) is 4.79 Å². The molecule has 0 aliphatic rings. The van der Waals surface area contributed by atoms with Gasteiger partial charge in [-0.15, -0.1) is 0 Å². The molecule has 0 saturated carbocycles. The van der Waals surface area contributed by atoms with E-state index >= 15 is 0 Å². The highest BCUT2D eigenvalue weighted by atomic mass is 16.4.